The third-order valence-electron chi connectivity index (χ3n) is 5.14. The number of aromatic nitrogens is 2. The second-order valence-electron chi connectivity index (χ2n) is 6.81. The van der Waals surface area contributed by atoms with Crippen LogP contribution in [0.3, 0.4) is 0 Å². The van der Waals surface area contributed by atoms with Crippen molar-refractivity contribution in [3.63, 3.8) is 0 Å². The van der Waals surface area contributed by atoms with E-state index in [2.05, 4.69) is 10.3 Å². The van der Waals surface area contributed by atoms with E-state index < -0.39 is 0 Å². The van der Waals surface area contributed by atoms with E-state index in [0.717, 1.165) is 59.2 Å². The van der Waals surface area contributed by atoms with E-state index in [1.54, 1.807) is 0 Å². The fraction of sp³-hybridized carbons (Fsp3) is 0.286. The molecule has 27 heavy (non-hydrogen) atoms. The van der Waals surface area contributed by atoms with E-state index >= 15 is 0 Å². The molecule has 0 atom stereocenters. The molecule has 4 rings (SSSR count). The summed E-state index contributed by atoms with van der Waals surface area (Å²) in [4.78, 5) is 9.39. The molecule has 0 aliphatic heterocycles. The first kappa shape index (κ1) is 17.4. The van der Waals surface area contributed by atoms with E-state index in [1.807, 2.05) is 30.5 Å². The number of fused-ring (bicyclic) bond motifs is 3. The van der Waals surface area contributed by atoms with Gasteiger partial charge in [0.2, 0.25) is 0 Å². The molecule has 2 aromatic heterocycles. The Kier molecular flexibility index (Phi) is 4.73. The van der Waals surface area contributed by atoms with Crippen LogP contribution in [0.5, 0.6) is 0 Å². The van der Waals surface area contributed by atoms with Crippen molar-refractivity contribution in [1.29, 1.82) is 5.41 Å². The zero-order valence-corrected chi connectivity index (χ0v) is 15.1. The quantitative estimate of drug-likeness (QED) is 0.412. The Balaban J connectivity index is 1.89. The number of aliphatic hydroxyl groups excluding tert-OH is 1. The van der Waals surface area contributed by atoms with Gasteiger partial charge >= 0.3 is 0 Å². The predicted molar refractivity (Wildman–Crippen MR) is 109 cm³/mol. The van der Waals surface area contributed by atoms with Crippen LogP contribution in [-0.2, 0) is 12.8 Å². The van der Waals surface area contributed by atoms with E-state index in [4.69, 9.17) is 21.2 Å². The average Bonchev–Trinajstić information content (AvgIpc) is 2.72. The first-order valence-corrected chi connectivity index (χ1v) is 9.28. The van der Waals surface area contributed by atoms with Gasteiger partial charge in [-0.3, -0.25) is 0 Å². The molecule has 2 heterocycles. The van der Waals surface area contributed by atoms with Gasteiger partial charge in [0.25, 0.3) is 0 Å². The summed E-state index contributed by atoms with van der Waals surface area (Å²) in [7, 11) is 0. The number of hydrogen-bond donors (Lipinski definition) is 4. The van der Waals surface area contributed by atoms with Gasteiger partial charge in [0.15, 0.2) is 0 Å². The van der Waals surface area contributed by atoms with Crippen molar-refractivity contribution in [2.75, 3.05) is 24.2 Å². The van der Waals surface area contributed by atoms with Crippen LogP contribution in [0.25, 0.3) is 22.2 Å². The number of anilines is 2. The molecule has 0 radical (unpaired) electrons. The molecule has 5 N–H and O–H groups in total. The summed E-state index contributed by atoms with van der Waals surface area (Å²) in [6.45, 7) is 0.547. The minimum atomic E-state index is 0.0711. The average molecular weight is 361 g/mol. The first-order valence-electron chi connectivity index (χ1n) is 9.28. The summed E-state index contributed by atoms with van der Waals surface area (Å²) in [5, 5.41) is 20.8. The number of rotatable bonds is 5. The van der Waals surface area contributed by atoms with Gasteiger partial charge in [0.1, 0.15) is 5.82 Å². The summed E-state index contributed by atoms with van der Waals surface area (Å²) in [6, 6.07) is 7.71. The van der Waals surface area contributed by atoms with E-state index in [0.29, 0.717) is 12.2 Å². The van der Waals surface area contributed by atoms with Gasteiger partial charge in [-0.05, 0) is 61.1 Å². The van der Waals surface area contributed by atoms with Crippen molar-refractivity contribution < 1.29 is 5.11 Å². The highest BCUT2D eigenvalue weighted by Crippen LogP contribution is 2.37. The second-order valence-corrected chi connectivity index (χ2v) is 6.81. The molecule has 1 aliphatic rings. The van der Waals surface area contributed by atoms with Gasteiger partial charge in [0, 0.05) is 41.2 Å². The minimum Gasteiger partial charge on any atom is -0.398 e. The van der Waals surface area contributed by atoms with Crippen LogP contribution in [0.1, 0.15) is 29.5 Å². The number of aliphatic hydroxyl groups is 1. The Morgan fingerprint density at radius 2 is 1.96 bits per heavy atom. The van der Waals surface area contributed by atoms with E-state index in [9.17, 15) is 0 Å². The summed E-state index contributed by atoms with van der Waals surface area (Å²) < 4.78 is 0. The molecule has 0 saturated heterocycles. The third-order valence-corrected chi connectivity index (χ3v) is 5.14. The number of hydrogen-bond acceptors (Lipinski definition) is 6. The van der Waals surface area contributed by atoms with Crippen LogP contribution < -0.4 is 11.1 Å². The third kappa shape index (κ3) is 3.13. The standard InChI is InChI=1S/C21H23N5O/c22-11-16-17(23)6-7-18-20(16)14-3-1-2-4-15(14)21(26-18)13-5-8-19(25-12-13)24-9-10-27/h5-8,11-12,22,27H,1-4,9-10,23H2,(H,24,25). The normalized spacial score (nSPS) is 13.4. The highest BCUT2D eigenvalue weighted by Gasteiger charge is 2.21. The van der Waals surface area contributed by atoms with Crippen molar-refractivity contribution in [3.8, 4) is 11.3 Å². The summed E-state index contributed by atoms with van der Waals surface area (Å²) in [6.07, 6.45) is 7.41. The van der Waals surface area contributed by atoms with Crippen molar-refractivity contribution in [2.45, 2.75) is 25.7 Å². The number of aryl methyl sites for hydroxylation is 1. The lowest BCUT2D eigenvalue weighted by Crippen LogP contribution is -2.10. The van der Waals surface area contributed by atoms with E-state index in [-0.39, 0.29) is 6.61 Å². The Bertz CT molecular complexity index is 998. The highest BCUT2D eigenvalue weighted by molar-refractivity contribution is 6.05. The molecule has 0 amide bonds. The largest absolute Gasteiger partial charge is 0.398 e. The van der Waals surface area contributed by atoms with Crippen LogP contribution in [0.15, 0.2) is 30.5 Å². The molecule has 0 bridgehead atoms. The van der Waals surface area contributed by atoms with Crippen molar-refractivity contribution >= 4 is 28.6 Å². The molecule has 6 nitrogen and oxygen atoms in total. The van der Waals surface area contributed by atoms with Crippen LogP contribution in [-0.4, -0.2) is 34.4 Å². The van der Waals surface area contributed by atoms with E-state index in [1.165, 1.54) is 17.3 Å². The van der Waals surface area contributed by atoms with Crippen LogP contribution in [0, 0.1) is 5.41 Å². The lowest BCUT2D eigenvalue weighted by molar-refractivity contribution is 0.311. The highest BCUT2D eigenvalue weighted by atomic mass is 16.3. The molecule has 3 aromatic rings. The molecule has 0 spiro atoms. The number of benzene rings is 1. The fourth-order valence-electron chi connectivity index (χ4n) is 3.88. The monoisotopic (exact) mass is 361 g/mol. The SMILES string of the molecule is N=Cc1c(N)ccc2nc(-c3ccc(NCCO)nc3)c3c(c12)CCCC3. The number of nitrogens with one attached hydrogen (secondary N) is 2. The molecule has 1 aromatic carbocycles. The zero-order valence-electron chi connectivity index (χ0n) is 15.1. The molecule has 6 heteroatoms. The lowest BCUT2D eigenvalue weighted by atomic mass is 9.85. The topological polar surface area (TPSA) is 108 Å². The van der Waals surface area contributed by atoms with Gasteiger partial charge in [-0.2, -0.15) is 0 Å². The Hall–Kier alpha value is -2.99. The van der Waals surface area contributed by atoms with Crippen LogP contribution in [0.4, 0.5) is 11.5 Å². The molecular weight excluding hydrogens is 338 g/mol. The second kappa shape index (κ2) is 7.32. The van der Waals surface area contributed by atoms with Crippen molar-refractivity contribution in [1.82, 2.24) is 9.97 Å². The molecule has 138 valence electrons. The predicted octanol–water partition coefficient (Wildman–Crippen LogP) is 3.16. The van der Waals surface area contributed by atoms with Crippen molar-refractivity contribution in [2.24, 2.45) is 0 Å². The number of pyridine rings is 2. The van der Waals surface area contributed by atoms with Gasteiger partial charge in [-0.1, -0.05) is 0 Å². The van der Waals surface area contributed by atoms with Crippen molar-refractivity contribution in [3.05, 3.63) is 47.2 Å². The smallest absolute Gasteiger partial charge is 0.125 e. The fourth-order valence-corrected chi connectivity index (χ4v) is 3.88. The van der Waals surface area contributed by atoms with Gasteiger partial charge in [-0.15, -0.1) is 0 Å². The molecule has 0 fully saturated rings. The molecule has 0 saturated carbocycles. The molecule has 0 unspecified atom stereocenters. The lowest BCUT2D eigenvalue weighted by Gasteiger charge is -2.22. The maximum Gasteiger partial charge on any atom is 0.125 e. The first-order chi connectivity index (χ1) is 13.2. The zero-order chi connectivity index (χ0) is 18.8. The van der Waals surface area contributed by atoms with Gasteiger partial charge in [-0.25, -0.2) is 9.97 Å². The number of nitrogens with zero attached hydrogens (tertiary/aromatic N) is 2. The maximum absolute atomic E-state index is 8.93. The number of nitrogens with two attached hydrogens (primary N) is 1. The molecule has 1 aliphatic carbocycles. The minimum absolute atomic E-state index is 0.0711. The van der Waals surface area contributed by atoms with Gasteiger partial charge in [0.05, 0.1) is 17.8 Å². The maximum atomic E-state index is 8.93. The Labute approximate surface area is 158 Å². The Morgan fingerprint density at radius 3 is 2.67 bits per heavy atom. The summed E-state index contributed by atoms with van der Waals surface area (Å²) >= 11 is 0. The van der Waals surface area contributed by atoms with Crippen LogP contribution in [0.2, 0.25) is 0 Å². The molecular formula is C21H23N5O. The number of nitrogen functional groups attached to an aromatic ring is 1. The van der Waals surface area contributed by atoms with Gasteiger partial charge < -0.3 is 21.6 Å². The Morgan fingerprint density at radius 1 is 1.15 bits per heavy atom. The van der Waals surface area contributed by atoms with Crippen LogP contribution >= 0.6 is 0 Å². The summed E-state index contributed by atoms with van der Waals surface area (Å²) in [5.74, 6) is 0.737. The summed E-state index contributed by atoms with van der Waals surface area (Å²) in [5.41, 5.74) is 12.9.